The zero-order chi connectivity index (χ0) is 14.3. The molecule has 0 spiro atoms. The highest BCUT2D eigenvalue weighted by molar-refractivity contribution is 6.31. The molecule has 0 saturated carbocycles. The molecule has 1 N–H and O–H groups in total. The van der Waals surface area contributed by atoms with Crippen LogP contribution in [0.15, 0.2) is 18.2 Å². The predicted molar refractivity (Wildman–Crippen MR) is 78.1 cm³/mol. The molecule has 108 valence electrons. The lowest BCUT2D eigenvalue weighted by molar-refractivity contribution is 0.0605. The third-order valence-corrected chi connectivity index (χ3v) is 3.50. The highest BCUT2D eigenvalue weighted by Gasteiger charge is 2.24. The molecule has 19 heavy (non-hydrogen) atoms. The normalized spacial score (nSPS) is 14.4. The van der Waals surface area contributed by atoms with E-state index in [0.717, 1.165) is 31.4 Å². The Morgan fingerprint density at radius 3 is 2.63 bits per heavy atom. The van der Waals surface area contributed by atoms with Crippen molar-refractivity contribution in [3.05, 3.63) is 34.6 Å². The summed E-state index contributed by atoms with van der Waals surface area (Å²) in [5, 5.41) is 3.99. The number of ether oxygens (including phenoxy) is 1. The first kappa shape index (κ1) is 16.4. The average molecular weight is 288 g/mol. The highest BCUT2D eigenvalue weighted by Crippen LogP contribution is 2.29. The summed E-state index contributed by atoms with van der Waals surface area (Å²) in [6.45, 7) is 5.05. The quantitative estimate of drug-likeness (QED) is 0.768. The van der Waals surface area contributed by atoms with Crippen molar-refractivity contribution < 1.29 is 9.13 Å². The van der Waals surface area contributed by atoms with Gasteiger partial charge in [-0.25, -0.2) is 4.39 Å². The van der Waals surface area contributed by atoms with E-state index in [1.807, 2.05) is 0 Å². The summed E-state index contributed by atoms with van der Waals surface area (Å²) in [4.78, 5) is 0. The molecule has 0 fully saturated rings. The van der Waals surface area contributed by atoms with Gasteiger partial charge in [0, 0.05) is 12.1 Å². The van der Waals surface area contributed by atoms with Gasteiger partial charge in [-0.1, -0.05) is 31.9 Å². The monoisotopic (exact) mass is 287 g/mol. The fraction of sp³-hybridized carbons (Fsp3) is 0.600. The summed E-state index contributed by atoms with van der Waals surface area (Å²) >= 11 is 6.21. The number of benzene rings is 1. The van der Waals surface area contributed by atoms with E-state index in [1.54, 1.807) is 13.2 Å². The molecule has 2 unspecified atom stereocenters. The summed E-state index contributed by atoms with van der Waals surface area (Å²) in [5.74, 6) is -0.269. The van der Waals surface area contributed by atoms with Crippen molar-refractivity contribution in [1.82, 2.24) is 5.32 Å². The van der Waals surface area contributed by atoms with Gasteiger partial charge >= 0.3 is 0 Å². The molecule has 0 heterocycles. The van der Waals surface area contributed by atoms with Crippen LogP contribution >= 0.6 is 11.6 Å². The van der Waals surface area contributed by atoms with Crippen LogP contribution < -0.4 is 5.32 Å². The summed E-state index contributed by atoms with van der Waals surface area (Å²) in [6.07, 6.45) is 2.92. The molecule has 4 heteroatoms. The molecular formula is C15H23ClFNO. The molecule has 0 bridgehead atoms. The summed E-state index contributed by atoms with van der Waals surface area (Å²) in [6, 6.07) is 4.40. The first-order valence-electron chi connectivity index (χ1n) is 6.85. The van der Waals surface area contributed by atoms with Crippen LogP contribution in [-0.2, 0) is 4.74 Å². The Morgan fingerprint density at radius 2 is 2.05 bits per heavy atom. The first-order chi connectivity index (χ1) is 9.13. The topological polar surface area (TPSA) is 21.3 Å². The van der Waals surface area contributed by atoms with Crippen molar-refractivity contribution >= 4 is 11.6 Å². The molecule has 0 aliphatic heterocycles. The molecule has 1 aromatic rings. The Labute approximate surface area is 120 Å². The first-order valence-corrected chi connectivity index (χ1v) is 7.22. The molecule has 0 radical (unpaired) electrons. The highest BCUT2D eigenvalue weighted by atomic mass is 35.5. The largest absolute Gasteiger partial charge is 0.379 e. The molecule has 1 rings (SSSR count). The molecule has 1 aromatic carbocycles. The number of hydrogen-bond donors (Lipinski definition) is 1. The zero-order valence-electron chi connectivity index (χ0n) is 11.9. The SMILES string of the molecule is CCCNC(c1cc(F)ccc1Cl)C(CCC)OC. The van der Waals surface area contributed by atoms with E-state index >= 15 is 0 Å². The van der Waals surface area contributed by atoms with Crippen LogP contribution in [0.2, 0.25) is 5.02 Å². The van der Waals surface area contributed by atoms with Crippen molar-refractivity contribution in [2.24, 2.45) is 0 Å². The second-order valence-electron chi connectivity index (χ2n) is 4.66. The molecule has 2 nitrogen and oxygen atoms in total. The minimum absolute atomic E-state index is 0.00384. The smallest absolute Gasteiger partial charge is 0.123 e. The van der Waals surface area contributed by atoms with Gasteiger partial charge in [0.15, 0.2) is 0 Å². The van der Waals surface area contributed by atoms with Crippen LogP contribution in [0.3, 0.4) is 0 Å². The van der Waals surface area contributed by atoms with Crippen molar-refractivity contribution in [2.45, 2.75) is 45.3 Å². The fourth-order valence-corrected chi connectivity index (χ4v) is 2.43. The van der Waals surface area contributed by atoms with Crippen LogP contribution in [0.4, 0.5) is 4.39 Å². The van der Waals surface area contributed by atoms with Crippen molar-refractivity contribution in [3.8, 4) is 0 Å². The van der Waals surface area contributed by atoms with Crippen LogP contribution in [0.1, 0.15) is 44.7 Å². The van der Waals surface area contributed by atoms with E-state index < -0.39 is 0 Å². The third kappa shape index (κ3) is 4.75. The Bertz CT molecular complexity index is 386. The van der Waals surface area contributed by atoms with E-state index in [2.05, 4.69) is 19.2 Å². The van der Waals surface area contributed by atoms with Gasteiger partial charge in [-0.2, -0.15) is 0 Å². The fourth-order valence-electron chi connectivity index (χ4n) is 2.20. The van der Waals surface area contributed by atoms with Crippen LogP contribution in [0.5, 0.6) is 0 Å². The Morgan fingerprint density at radius 1 is 1.32 bits per heavy atom. The van der Waals surface area contributed by atoms with Crippen LogP contribution in [-0.4, -0.2) is 19.8 Å². The Kier molecular flexibility index (Phi) is 7.36. The second kappa shape index (κ2) is 8.51. The van der Waals surface area contributed by atoms with Crippen LogP contribution in [0.25, 0.3) is 0 Å². The number of hydrogen-bond acceptors (Lipinski definition) is 2. The Hall–Kier alpha value is -0.640. The minimum Gasteiger partial charge on any atom is -0.379 e. The lowest BCUT2D eigenvalue weighted by Gasteiger charge is -2.28. The minimum atomic E-state index is -0.269. The Balaban J connectivity index is 3.03. The maximum Gasteiger partial charge on any atom is 0.123 e. The lowest BCUT2D eigenvalue weighted by atomic mass is 9.97. The molecule has 0 aliphatic rings. The molecule has 0 aliphatic carbocycles. The zero-order valence-corrected chi connectivity index (χ0v) is 12.6. The van der Waals surface area contributed by atoms with E-state index in [9.17, 15) is 4.39 Å². The van der Waals surface area contributed by atoms with Crippen molar-refractivity contribution in [1.29, 1.82) is 0 Å². The van der Waals surface area contributed by atoms with E-state index in [1.165, 1.54) is 12.1 Å². The number of halogens is 2. The van der Waals surface area contributed by atoms with Gasteiger partial charge in [0.05, 0.1) is 12.1 Å². The van der Waals surface area contributed by atoms with E-state index in [0.29, 0.717) is 5.02 Å². The number of nitrogens with one attached hydrogen (secondary N) is 1. The number of rotatable bonds is 8. The predicted octanol–water partition coefficient (Wildman–Crippen LogP) is 4.33. The maximum absolute atomic E-state index is 13.5. The van der Waals surface area contributed by atoms with Gasteiger partial charge in [-0.05, 0) is 43.1 Å². The van der Waals surface area contributed by atoms with Gasteiger partial charge in [0.2, 0.25) is 0 Å². The average Bonchev–Trinajstić information content (AvgIpc) is 2.41. The third-order valence-electron chi connectivity index (χ3n) is 3.16. The standard InChI is InChI=1S/C15H23ClFNO/c1-4-6-14(19-3)15(18-9-5-2)12-10-11(17)7-8-13(12)16/h7-8,10,14-15,18H,4-6,9H2,1-3H3. The van der Waals surface area contributed by atoms with E-state index in [-0.39, 0.29) is 18.0 Å². The van der Waals surface area contributed by atoms with Gasteiger partial charge < -0.3 is 10.1 Å². The molecule has 0 aromatic heterocycles. The van der Waals surface area contributed by atoms with E-state index in [4.69, 9.17) is 16.3 Å². The second-order valence-corrected chi connectivity index (χ2v) is 5.07. The summed E-state index contributed by atoms with van der Waals surface area (Å²) in [7, 11) is 1.69. The van der Waals surface area contributed by atoms with Crippen molar-refractivity contribution in [2.75, 3.05) is 13.7 Å². The summed E-state index contributed by atoms with van der Waals surface area (Å²) in [5.41, 5.74) is 0.774. The van der Waals surface area contributed by atoms with Gasteiger partial charge in [0.25, 0.3) is 0 Å². The molecule has 2 atom stereocenters. The summed E-state index contributed by atoms with van der Waals surface area (Å²) < 4.78 is 19.0. The maximum atomic E-state index is 13.5. The van der Waals surface area contributed by atoms with Gasteiger partial charge in [0.1, 0.15) is 5.82 Å². The van der Waals surface area contributed by atoms with Crippen LogP contribution in [0, 0.1) is 5.82 Å². The molecule has 0 amide bonds. The molecular weight excluding hydrogens is 265 g/mol. The molecule has 0 saturated heterocycles. The van der Waals surface area contributed by atoms with Crippen molar-refractivity contribution in [3.63, 3.8) is 0 Å². The number of methoxy groups -OCH3 is 1. The van der Waals surface area contributed by atoms with Gasteiger partial charge in [-0.15, -0.1) is 0 Å². The van der Waals surface area contributed by atoms with Gasteiger partial charge in [-0.3, -0.25) is 0 Å². The lowest BCUT2D eigenvalue weighted by Crippen LogP contribution is -2.34.